The van der Waals surface area contributed by atoms with Crippen LogP contribution >= 0.6 is 0 Å². The minimum absolute atomic E-state index is 0.159. The molecular weight excluding hydrogens is 363 g/mol. The monoisotopic (exact) mass is 377 g/mol. The predicted octanol–water partition coefficient (Wildman–Crippen LogP) is 3.16. The summed E-state index contributed by atoms with van der Waals surface area (Å²) in [5.41, 5.74) is 1.29. The van der Waals surface area contributed by atoms with E-state index < -0.39 is 18.1 Å². The number of carbonyl (C=O) groups excluding carboxylic acids is 1. The summed E-state index contributed by atoms with van der Waals surface area (Å²) in [4.78, 5) is 16.3. The summed E-state index contributed by atoms with van der Waals surface area (Å²) in [5.74, 6) is -0.250. The van der Waals surface area contributed by atoms with Crippen LogP contribution in [0, 0.1) is 25.2 Å². The predicted molar refractivity (Wildman–Crippen MR) is 87.9 cm³/mol. The van der Waals surface area contributed by atoms with E-state index in [0.717, 1.165) is 17.6 Å². The van der Waals surface area contributed by atoms with Gasteiger partial charge in [-0.05, 0) is 38.5 Å². The molecule has 1 N–H and O–H groups in total. The van der Waals surface area contributed by atoms with Crippen LogP contribution in [-0.2, 0) is 0 Å². The molecule has 3 aromatic rings. The van der Waals surface area contributed by atoms with Crippen molar-refractivity contribution in [3.05, 3.63) is 40.9 Å². The molecule has 7 nitrogen and oxygen atoms in total. The third-order valence-corrected chi connectivity index (χ3v) is 3.93. The van der Waals surface area contributed by atoms with Crippen molar-refractivity contribution < 1.29 is 22.4 Å². The van der Waals surface area contributed by atoms with E-state index in [1.54, 1.807) is 26.0 Å². The summed E-state index contributed by atoms with van der Waals surface area (Å²) in [6, 6.07) is 3.13. The molecule has 3 rings (SSSR count). The molecule has 27 heavy (non-hydrogen) atoms. The summed E-state index contributed by atoms with van der Waals surface area (Å²) in [5, 5.41) is 15.4. The first-order valence-electron chi connectivity index (χ1n) is 7.85. The van der Waals surface area contributed by atoms with Gasteiger partial charge in [0.2, 0.25) is 0 Å². The number of rotatable bonds is 3. The Bertz CT molecular complexity index is 1070. The molecule has 0 aliphatic carbocycles. The zero-order valence-electron chi connectivity index (χ0n) is 14.5. The lowest BCUT2D eigenvalue weighted by Gasteiger charge is -2.16. The van der Waals surface area contributed by atoms with Crippen LogP contribution in [0.5, 0.6) is 0 Å². The van der Waals surface area contributed by atoms with Crippen LogP contribution in [0.4, 0.5) is 13.2 Å². The fraction of sp³-hybridized carbons (Fsp3) is 0.294. The molecule has 10 heteroatoms. The second kappa shape index (κ2) is 6.42. The highest BCUT2D eigenvalue weighted by Gasteiger charge is 2.37. The topological polar surface area (TPSA) is 96.2 Å². The maximum Gasteiger partial charge on any atom is 0.408 e. The number of halogens is 3. The van der Waals surface area contributed by atoms with Crippen molar-refractivity contribution in [2.45, 2.75) is 33.0 Å². The Kier molecular flexibility index (Phi) is 4.39. The molecule has 1 atom stereocenters. The number of furan rings is 1. The van der Waals surface area contributed by atoms with Gasteiger partial charge >= 0.3 is 6.18 Å². The van der Waals surface area contributed by atoms with Gasteiger partial charge in [-0.25, -0.2) is 9.50 Å². The highest BCUT2D eigenvalue weighted by atomic mass is 19.4. The van der Waals surface area contributed by atoms with Crippen molar-refractivity contribution in [1.82, 2.24) is 19.9 Å². The number of nitrogens with zero attached hydrogens (tertiary/aromatic N) is 4. The lowest BCUT2D eigenvalue weighted by atomic mass is 10.2. The molecule has 0 saturated heterocycles. The maximum atomic E-state index is 12.7. The van der Waals surface area contributed by atoms with Gasteiger partial charge in [0.15, 0.2) is 17.1 Å². The van der Waals surface area contributed by atoms with E-state index in [9.17, 15) is 23.2 Å². The molecule has 0 bridgehead atoms. The average Bonchev–Trinajstić information content (AvgIpc) is 3.17. The zero-order chi connectivity index (χ0) is 19.9. The Morgan fingerprint density at radius 3 is 2.70 bits per heavy atom. The Balaban J connectivity index is 2.08. The summed E-state index contributed by atoms with van der Waals surface area (Å²) in [7, 11) is 0. The Hall–Kier alpha value is -3.35. The van der Waals surface area contributed by atoms with Gasteiger partial charge in [0.25, 0.3) is 5.91 Å². The molecule has 0 spiro atoms. The van der Waals surface area contributed by atoms with Gasteiger partial charge in [-0.2, -0.15) is 23.5 Å². The van der Waals surface area contributed by atoms with Crippen LogP contribution in [0.1, 0.15) is 34.3 Å². The van der Waals surface area contributed by atoms with Gasteiger partial charge in [0.05, 0.1) is 6.20 Å². The first-order valence-corrected chi connectivity index (χ1v) is 7.85. The van der Waals surface area contributed by atoms with Gasteiger partial charge in [-0.1, -0.05) is 0 Å². The normalized spacial score (nSPS) is 12.8. The summed E-state index contributed by atoms with van der Waals surface area (Å²) in [6.45, 7) is 4.22. The number of nitrogens with one attached hydrogen (secondary N) is 1. The number of amides is 1. The molecule has 1 amide bonds. The van der Waals surface area contributed by atoms with Gasteiger partial charge in [-0.15, -0.1) is 0 Å². The third-order valence-electron chi connectivity index (χ3n) is 3.93. The fourth-order valence-electron chi connectivity index (χ4n) is 2.53. The molecule has 3 aromatic heterocycles. The number of alkyl halides is 3. The molecule has 0 fully saturated rings. The number of carbonyl (C=O) groups is 1. The molecule has 0 aliphatic heterocycles. The minimum Gasteiger partial charge on any atom is -0.458 e. The Morgan fingerprint density at radius 2 is 2.07 bits per heavy atom. The average molecular weight is 377 g/mol. The third kappa shape index (κ3) is 3.36. The molecular formula is C17H14F3N5O2. The Labute approximate surface area is 151 Å². The maximum absolute atomic E-state index is 12.7. The van der Waals surface area contributed by atoms with Crippen molar-refractivity contribution in [3.63, 3.8) is 0 Å². The molecule has 3 heterocycles. The standard InChI is InChI=1S/C17H14F3N5O2/c1-8-4-12(14-11(6-21)5-9(2)27-14)24-25-13(7-22-15(8)25)16(26)23-10(3)17(18,19)20/h4-5,7,10H,1-3H3,(H,23,26). The van der Waals surface area contributed by atoms with Crippen LogP contribution < -0.4 is 5.32 Å². The molecule has 1 unspecified atom stereocenters. The van der Waals surface area contributed by atoms with Gasteiger partial charge in [0.1, 0.15) is 29.1 Å². The number of aryl methyl sites for hydroxylation is 2. The molecule has 0 aliphatic rings. The van der Waals surface area contributed by atoms with Crippen molar-refractivity contribution in [1.29, 1.82) is 5.26 Å². The number of fused-ring (bicyclic) bond motifs is 1. The number of hydrogen-bond acceptors (Lipinski definition) is 5. The van der Waals surface area contributed by atoms with Gasteiger partial charge in [0, 0.05) is 0 Å². The second-order valence-corrected chi connectivity index (χ2v) is 6.04. The number of nitriles is 1. The van der Waals surface area contributed by atoms with Crippen molar-refractivity contribution >= 4 is 11.6 Å². The van der Waals surface area contributed by atoms with Crippen molar-refractivity contribution in [2.24, 2.45) is 0 Å². The van der Waals surface area contributed by atoms with E-state index in [4.69, 9.17) is 4.42 Å². The van der Waals surface area contributed by atoms with Crippen LogP contribution in [-0.4, -0.2) is 32.7 Å². The van der Waals surface area contributed by atoms with Gasteiger partial charge < -0.3 is 9.73 Å². The first kappa shape index (κ1) is 18.4. The van der Waals surface area contributed by atoms with Crippen LogP contribution in [0.15, 0.2) is 22.7 Å². The van der Waals surface area contributed by atoms with Crippen LogP contribution in [0.25, 0.3) is 17.1 Å². The SMILES string of the molecule is Cc1cc(C#N)c(-c2cc(C)c3ncc(C(=O)NC(C)C(F)(F)F)n3n2)o1. The van der Waals surface area contributed by atoms with E-state index in [2.05, 4.69) is 10.1 Å². The molecule has 0 saturated carbocycles. The van der Waals surface area contributed by atoms with Crippen LogP contribution in [0.3, 0.4) is 0 Å². The number of imidazole rings is 1. The van der Waals surface area contributed by atoms with Gasteiger partial charge in [-0.3, -0.25) is 4.79 Å². The Morgan fingerprint density at radius 1 is 1.37 bits per heavy atom. The van der Waals surface area contributed by atoms with E-state index in [-0.39, 0.29) is 22.7 Å². The van der Waals surface area contributed by atoms with Crippen LogP contribution in [0.2, 0.25) is 0 Å². The molecule has 0 radical (unpaired) electrons. The van der Waals surface area contributed by atoms with E-state index in [0.29, 0.717) is 17.0 Å². The molecule has 0 aromatic carbocycles. The minimum atomic E-state index is -4.57. The van der Waals surface area contributed by atoms with E-state index >= 15 is 0 Å². The summed E-state index contributed by atoms with van der Waals surface area (Å²) in [6.07, 6.45) is -3.42. The van der Waals surface area contributed by atoms with E-state index in [1.165, 1.54) is 0 Å². The number of hydrogen-bond donors (Lipinski definition) is 1. The lowest BCUT2D eigenvalue weighted by molar-refractivity contribution is -0.149. The largest absolute Gasteiger partial charge is 0.458 e. The lowest BCUT2D eigenvalue weighted by Crippen LogP contribution is -2.43. The smallest absolute Gasteiger partial charge is 0.408 e. The first-order chi connectivity index (χ1) is 12.6. The number of aromatic nitrogens is 3. The zero-order valence-corrected chi connectivity index (χ0v) is 14.5. The molecule has 140 valence electrons. The van der Waals surface area contributed by atoms with Crippen molar-refractivity contribution in [3.8, 4) is 17.5 Å². The fourth-order valence-corrected chi connectivity index (χ4v) is 2.53. The quantitative estimate of drug-likeness (QED) is 0.756. The highest BCUT2D eigenvalue weighted by Crippen LogP contribution is 2.27. The summed E-state index contributed by atoms with van der Waals surface area (Å²) >= 11 is 0. The highest BCUT2D eigenvalue weighted by molar-refractivity contribution is 5.93. The summed E-state index contributed by atoms with van der Waals surface area (Å²) < 4.78 is 44.8. The van der Waals surface area contributed by atoms with Crippen molar-refractivity contribution in [2.75, 3.05) is 0 Å². The van der Waals surface area contributed by atoms with E-state index in [1.807, 2.05) is 11.4 Å². The second-order valence-electron chi connectivity index (χ2n) is 6.04.